The van der Waals surface area contributed by atoms with Crippen LogP contribution in [0.1, 0.15) is 13.0 Å². The molecule has 1 aromatic rings. The highest BCUT2D eigenvalue weighted by molar-refractivity contribution is 7.99. The Morgan fingerprint density at radius 3 is 3.12 bits per heavy atom. The molecule has 3 aliphatic rings. The summed E-state index contributed by atoms with van der Waals surface area (Å²) >= 11 is 1.75. The molecular formula is C12H10N4S. The summed E-state index contributed by atoms with van der Waals surface area (Å²) in [4.78, 5) is 9.11. The molecule has 0 spiro atoms. The van der Waals surface area contributed by atoms with Gasteiger partial charge in [-0.25, -0.2) is 14.6 Å². The first-order chi connectivity index (χ1) is 8.33. The molecule has 0 fully saturated rings. The van der Waals surface area contributed by atoms with Gasteiger partial charge in [0.25, 0.3) is 0 Å². The van der Waals surface area contributed by atoms with E-state index in [0.717, 1.165) is 33.3 Å². The highest BCUT2D eigenvalue weighted by Crippen LogP contribution is 2.35. The number of nitrogens with zero attached hydrogens (tertiary/aromatic N) is 4. The lowest BCUT2D eigenvalue weighted by Gasteiger charge is -2.08. The van der Waals surface area contributed by atoms with Crippen LogP contribution in [0.3, 0.4) is 0 Å². The average molecular weight is 242 g/mol. The third-order valence-corrected chi connectivity index (χ3v) is 4.26. The maximum absolute atomic E-state index is 4.70. The van der Waals surface area contributed by atoms with E-state index >= 15 is 0 Å². The van der Waals surface area contributed by atoms with Crippen molar-refractivity contribution < 1.29 is 0 Å². The second-order valence-electron chi connectivity index (χ2n) is 4.30. The quantitative estimate of drug-likeness (QED) is 0.607. The van der Waals surface area contributed by atoms with Crippen molar-refractivity contribution in [2.75, 3.05) is 5.75 Å². The minimum Gasteiger partial charge on any atom is -0.238 e. The molecule has 4 nitrogen and oxygen atoms in total. The molecule has 5 heteroatoms. The van der Waals surface area contributed by atoms with Crippen molar-refractivity contribution in [3.63, 3.8) is 0 Å². The van der Waals surface area contributed by atoms with Crippen LogP contribution in [0, 0.1) is 0 Å². The number of benzene rings is 1. The van der Waals surface area contributed by atoms with Gasteiger partial charge in [0.2, 0.25) is 0 Å². The minimum absolute atomic E-state index is 0.417. The SMILES string of the molecule is C[C@H]1CSc2nc3nc4ccccc4c-3nn21. The third-order valence-electron chi connectivity index (χ3n) is 3.07. The van der Waals surface area contributed by atoms with Gasteiger partial charge in [0.1, 0.15) is 5.69 Å². The summed E-state index contributed by atoms with van der Waals surface area (Å²) in [6, 6.07) is 8.48. The second-order valence-corrected chi connectivity index (χ2v) is 5.29. The molecule has 0 N–H and O–H groups in total. The fourth-order valence-electron chi connectivity index (χ4n) is 2.18. The van der Waals surface area contributed by atoms with Gasteiger partial charge in [-0.1, -0.05) is 30.0 Å². The molecule has 84 valence electrons. The number of rotatable bonds is 0. The molecule has 0 aliphatic carbocycles. The highest BCUT2D eigenvalue weighted by Gasteiger charge is 2.25. The third kappa shape index (κ3) is 1.23. The maximum Gasteiger partial charge on any atom is 0.186 e. The number of para-hydroxylation sites is 1. The zero-order valence-corrected chi connectivity index (χ0v) is 10.1. The fraction of sp³-hybridized carbons (Fsp3) is 0.250. The molecular weight excluding hydrogens is 232 g/mol. The van der Waals surface area contributed by atoms with E-state index in [9.17, 15) is 0 Å². The Bertz CT molecular complexity index is 690. The van der Waals surface area contributed by atoms with Crippen LogP contribution >= 0.6 is 11.8 Å². The lowest BCUT2D eigenvalue weighted by atomic mass is 10.2. The summed E-state index contributed by atoms with van der Waals surface area (Å²) in [5.74, 6) is 1.81. The van der Waals surface area contributed by atoms with E-state index in [1.807, 2.05) is 22.9 Å². The molecule has 0 saturated carbocycles. The van der Waals surface area contributed by atoms with Crippen LogP contribution in [-0.2, 0) is 0 Å². The van der Waals surface area contributed by atoms with E-state index in [-0.39, 0.29) is 0 Å². The van der Waals surface area contributed by atoms with Crippen LogP contribution in [0.4, 0.5) is 0 Å². The van der Waals surface area contributed by atoms with Gasteiger partial charge in [-0.2, -0.15) is 5.10 Å². The Balaban J connectivity index is 2.12. The highest BCUT2D eigenvalue weighted by atomic mass is 32.2. The Labute approximate surface area is 102 Å². The summed E-state index contributed by atoms with van der Waals surface area (Å²) in [5.41, 5.74) is 1.89. The molecule has 17 heavy (non-hydrogen) atoms. The summed E-state index contributed by atoms with van der Waals surface area (Å²) < 4.78 is 2.02. The van der Waals surface area contributed by atoms with Crippen LogP contribution in [0.5, 0.6) is 0 Å². The first kappa shape index (κ1) is 9.41. The van der Waals surface area contributed by atoms with Gasteiger partial charge in [0, 0.05) is 11.1 Å². The Kier molecular flexibility index (Phi) is 1.77. The van der Waals surface area contributed by atoms with Crippen LogP contribution in [0.15, 0.2) is 29.4 Å². The zero-order chi connectivity index (χ0) is 11.4. The van der Waals surface area contributed by atoms with Gasteiger partial charge in [-0.15, -0.1) is 0 Å². The topological polar surface area (TPSA) is 43.6 Å². The number of aromatic nitrogens is 4. The number of hydrogen-bond donors (Lipinski definition) is 0. The second kappa shape index (κ2) is 3.20. The molecule has 0 amide bonds. The van der Waals surface area contributed by atoms with E-state index in [0.29, 0.717) is 6.04 Å². The van der Waals surface area contributed by atoms with Crippen molar-refractivity contribution in [2.45, 2.75) is 18.1 Å². The molecule has 0 bridgehead atoms. The molecule has 0 radical (unpaired) electrons. The predicted molar refractivity (Wildman–Crippen MR) is 67.4 cm³/mol. The Morgan fingerprint density at radius 1 is 1.29 bits per heavy atom. The summed E-state index contributed by atoms with van der Waals surface area (Å²) in [6.45, 7) is 2.17. The van der Waals surface area contributed by atoms with Gasteiger partial charge < -0.3 is 0 Å². The van der Waals surface area contributed by atoms with E-state index < -0.39 is 0 Å². The summed E-state index contributed by atoms with van der Waals surface area (Å²) in [6.07, 6.45) is 0. The van der Waals surface area contributed by atoms with Crippen LogP contribution in [-0.4, -0.2) is 25.5 Å². The zero-order valence-electron chi connectivity index (χ0n) is 9.29. The first-order valence-electron chi connectivity index (χ1n) is 5.61. The van der Waals surface area contributed by atoms with Gasteiger partial charge in [0.05, 0.1) is 11.6 Å². The number of fused-ring (bicyclic) bond motifs is 4. The maximum atomic E-state index is 4.70. The standard InChI is InChI=1S/C12H10N4S/c1-7-6-17-12-14-11-10(15-16(7)12)8-4-2-3-5-9(8)13-11/h2-5,7H,6H2,1H3/t7-/m0/s1. The van der Waals surface area contributed by atoms with Crippen LogP contribution in [0.2, 0.25) is 0 Å². The summed E-state index contributed by atoms with van der Waals surface area (Å²) in [5, 5.41) is 6.77. The predicted octanol–water partition coefficient (Wildman–Crippen LogP) is 2.60. The number of thioether (sulfide) groups is 1. The minimum atomic E-state index is 0.417. The average Bonchev–Trinajstić information content (AvgIpc) is 2.88. The first-order valence-corrected chi connectivity index (χ1v) is 6.59. The van der Waals surface area contributed by atoms with Crippen molar-refractivity contribution in [1.82, 2.24) is 19.7 Å². The number of hydrogen-bond acceptors (Lipinski definition) is 4. The van der Waals surface area contributed by atoms with E-state index in [1.165, 1.54) is 0 Å². The van der Waals surface area contributed by atoms with Gasteiger partial charge in [-0.05, 0) is 13.0 Å². The largest absolute Gasteiger partial charge is 0.238 e. The molecule has 3 aliphatic heterocycles. The van der Waals surface area contributed by atoms with Crippen molar-refractivity contribution in [3.8, 4) is 11.5 Å². The van der Waals surface area contributed by atoms with Crippen molar-refractivity contribution in [1.29, 1.82) is 0 Å². The molecule has 0 aromatic heterocycles. The molecule has 1 atom stereocenters. The van der Waals surface area contributed by atoms with E-state index in [2.05, 4.69) is 23.0 Å². The van der Waals surface area contributed by atoms with Crippen LogP contribution < -0.4 is 0 Å². The molecule has 0 unspecified atom stereocenters. The Hall–Kier alpha value is -1.62. The van der Waals surface area contributed by atoms with Crippen LogP contribution in [0.25, 0.3) is 22.4 Å². The Morgan fingerprint density at radius 2 is 2.18 bits per heavy atom. The summed E-state index contributed by atoms with van der Waals surface area (Å²) in [7, 11) is 0. The smallest absolute Gasteiger partial charge is 0.186 e. The molecule has 3 heterocycles. The fourth-order valence-corrected chi connectivity index (χ4v) is 3.21. The van der Waals surface area contributed by atoms with Gasteiger partial charge in [-0.3, -0.25) is 0 Å². The normalized spacial score (nSPS) is 19.0. The van der Waals surface area contributed by atoms with E-state index in [4.69, 9.17) is 5.10 Å². The van der Waals surface area contributed by atoms with Crippen molar-refractivity contribution in [3.05, 3.63) is 24.3 Å². The van der Waals surface area contributed by atoms with Crippen molar-refractivity contribution in [2.24, 2.45) is 0 Å². The van der Waals surface area contributed by atoms with Gasteiger partial charge >= 0.3 is 0 Å². The molecule has 0 saturated heterocycles. The monoisotopic (exact) mass is 242 g/mol. The lowest BCUT2D eigenvalue weighted by Crippen LogP contribution is -2.10. The molecule has 4 rings (SSSR count). The molecule has 1 aromatic carbocycles. The van der Waals surface area contributed by atoms with E-state index in [1.54, 1.807) is 11.8 Å². The van der Waals surface area contributed by atoms with Gasteiger partial charge in [0.15, 0.2) is 11.0 Å². The lowest BCUT2D eigenvalue weighted by molar-refractivity contribution is 0.485. The van der Waals surface area contributed by atoms with Crippen molar-refractivity contribution >= 4 is 22.7 Å².